The van der Waals surface area contributed by atoms with Gasteiger partial charge in [0.25, 0.3) is 0 Å². The number of hydrogen-bond donors (Lipinski definition) is 0. The molecular weight excluding hydrogens is 699 g/mol. The van der Waals surface area contributed by atoms with E-state index in [4.69, 9.17) is 11.6 Å². The number of halogens is 1. The number of nitrogens with zero attached hydrogens (tertiary/aromatic N) is 6. The molecule has 0 radical (unpaired) electrons. The van der Waals surface area contributed by atoms with E-state index in [0.29, 0.717) is 11.8 Å². The van der Waals surface area contributed by atoms with Crippen LogP contribution in [0.1, 0.15) is 25.7 Å². The summed E-state index contributed by atoms with van der Waals surface area (Å²) in [5.41, 5.74) is 7.70. The van der Waals surface area contributed by atoms with Crippen molar-refractivity contribution >= 4 is 51.0 Å². The maximum atomic E-state index is 12.4. The predicted molar refractivity (Wildman–Crippen MR) is 223 cm³/mol. The zero-order chi connectivity index (χ0) is 37.5. The molecule has 3 aromatic heterocycles. The molecule has 0 saturated carbocycles. The highest BCUT2D eigenvalue weighted by molar-refractivity contribution is 7.19. The largest absolute Gasteiger partial charge is 0.844 e. The lowest BCUT2D eigenvalue weighted by atomic mass is 9.13. The first kappa shape index (κ1) is 36.0. The molecule has 7 nitrogen and oxygen atoms in total. The van der Waals surface area contributed by atoms with Crippen LogP contribution in [-0.4, -0.2) is 42.3 Å². The molecule has 0 atom stereocenters. The highest BCUT2D eigenvalue weighted by atomic mass is 35.5. The van der Waals surface area contributed by atoms with Crippen molar-refractivity contribution in [1.29, 1.82) is 0 Å². The van der Waals surface area contributed by atoms with Crippen LogP contribution in [0, 0.1) is 0 Å². The Labute approximate surface area is 328 Å². The second kappa shape index (κ2) is 16.6. The zero-order valence-electron chi connectivity index (χ0n) is 30.9. The Morgan fingerprint density at radius 1 is 0.473 bits per heavy atom. The molecule has 0 unspecified atom stereocenters. The number of hydrogen-bond acceptors (Lipinski definition) is 5. The van der Waals surface area contributed by atoms with Gasteiger partial charge in [0.2, 0.25) is 0 Å². The Morgan fingerprint density at radius 3 is 1.18 bits per heavy atom. The van der Waals surface area contributed by atoms with Crippen molar-refractivity contribution < 1.29 is 14.2 Å². The molecule has 55 heavy (non-hydrogen) atoms. The zero-order valence-corrected chi connectivity index (χ0v) is 31.6. The van der Waals surface area contributed by atoms with Crippen molar-refractivity contribution in [2.24, 2.45) is 0 Å². The topological polar surface area (TPSA) is 63.1 Å². The lowest BCUT2D eigenvalue weighted by molar-refractivity contribution is -0.614. The second-order valence-electron chi connectivity index (χ2n) is 14.3. The van der Waals surface area contributed by atoms with Gasteiger partial charge in [-0.15, -0.1) is 0 Å². The van der Waals surface area contributed by atoms with Crippen LogP contribution < -0.4 is 45.9 Å². The average Bonchev–Trinajstić information content (AvgIpc) is 4.01. The smallest absolute Gasteiger partial charge is 0.476 e. The highest BCUT2D eigenvalue weighted by Gasteiger charge is 2.31. The second-order valence-corrected chi connectivity index (χ2v) is 14.7. The lowest BCUT2D eigenvalue weighted by Gasteiger charge is -2.44. The molecule has 0 aliphatic carbocycles. The summed E-state index contributed by atoms with van der Waals surface area (Å²) < 4.78 is 3.52. The molecule has 0 amide bonds. The summed E-state index contributed by atoms with van der Waals surface area (Å²) in [4.78, 5) is 13.4. The van der Waals surface area contributed by atoms with Gasteiger partial charge in [-0.1, -0.05) is 138 Å². The number of benzene rings is 4. The molecule has 2 aliphatic rings. The lowest BCUT2D eigenvalue weighted by Crippen LogP contribution is -2.74. The van der Waals surface area contributed by atoms with Crippen molar-refractivity contribution in [1.82, 2.24) is 9.97 Å². The molecule has 0 spiro atoms. The summed E-state index contributed by atoms with van der Waals surface area (Å²) in [6.45, 7) is 4.33. The van der Waals surface area contributed by atoms with E-state index in [0.717, 1.165) is 26.2 Å². The monoisotopic (exact) mass is 742 g/mol. The fourth-order valence-corrected chi connectivity index (χ4v) is 8.48. The van der Waals surface area contributed by atoms with Crippen LogP contribution in [0.25, 0.3) is 11.8 Å². The maximum absolute atomic E-state index is 12.4. The first-order chi connectivity index (χ1) is 27.1. The molecular formula is C46H44BClN6O. The SMILES string of the molecule is [O-]c1nc(-[n+]2ccc(N3CCCC3)cc2)nc(-[n+]2ccc(N3CCCC3)cc2)c1Cl.c1ccc([B-](c2ccccc2)(c2ccccc2)c2ccccc2)cc1. The molecule has 0 bridgehead atoms. The van der Waals surface area contributed by atoms with Crippen LogP contribution in [-0.2, 0) is 0 Å². The summed E-state index contributed by atoms with van der Waals surface area (Å²) in [6, 6.07) is 51.7. The minimum absolute atomic E-state index is 0.0203. The molecule has 274 valence electrons. The number of rotatable bonds is 8. The van der Waals surface area contributed by atoms with E-state index in [2.05, 4.69) is 141 Å². The third-order valence-corrected chi connectivity index (χ3v) is 11.4. The molecule has 2 aliphatic heterocycles. The molecule has 2 saturated heterocycles. The summed E-state index contributed by atoms with van der Waals surface area (Å²) >= 11 is 6.28. The third kappa shape index (κ3) is 7.55. The van der Waals surface area contributed by atoms with E-state index in [9.17, 15) is 5.11 Å². The number of aromatic nitrogens is 4. The number of anilines is 2. The molecule has 2 fully saturated rings. The van der Waals surface area contributed by atoms with E-state index < -0.39 is 12.0 Å². The van der Waals surface area contributed by atoms with Gasteiger partial charge in [0.15, 0.2) is 5.02 Å². The fraction of sp³-hybridized carbons (Fsp3) is 0.174. The standard InChI is InChI=1S/C24H20B.C22H24ClN6O/c1-5-13-21(14-6-1)25(22-15-7-2-8-16-22,23-17-9-3-10-18-23)24-19-11-4-12-20-24;23-19-20(28-13-5-17(6-14-28)26-9-1-2-10-26)24-22(25-21(19)30)29-15-7-18(8-16-29)27-11-3-4-12-27/h1-20H;5-8,13-16H,1-4,9-12H2/q-1;+1. The van der Waals surface area contributed by atoms with Gasteiger partial charge in [-0.05, 0) is 37.8 Å². The fourth-order valence-electron chi connectivity index (χ4n) is 8.30. The van der Waals surface area contributed by atoms with Gasteiger partial charge in [-0.2, -0.15) is 26.4 Å². The Balaban J connectivity index is 0.000000158. The normalized spacial score (nSPS) is 14.1. The molecule has 7 aromatic rings. The average molecular weight is 743 g/mol. The van der Waals surface area contributed by atoms with Crippen molar-refractivity contribution in [2.45, 2.75) is 25.7 Å². The summed E-state index contributed by atoms with van der Waals surface area (Å²) in [5.74, 6) is 0.211. The van der Waals surface area contributed by atoms with E-state index in [1.807, 2.05) is 49.1 Å². The van der Waals surface area contributed by atoms with E-state index in [1.165, 1.54) is 58.9 Å². The van der Waals surface area contributed by atoms with E-state index >= 15 is 0 Å². The van der Waals surface area contributed by atoms with Crippen LogP contribution in [0.15, 0.2) is 170 Å². The van der Waals surface area contributed by atoms with Crippen molar-refractivity contribution in [2.75, 3.05) is 36.0 Å². The minimum Gasteiger partial charge on any atom is -0.844 e. The number of pyridine rings is 2. The summed E-state index contributed by atoms with van der Waals surface area (Å²) in [7, 11) is 0. The maximum Gasteiger partial charge on any atom is 0.476 e. The van der Waals surface area contributed by atoms with E-state index in [1.54, 1.807) is 9.13 Å². The molecule has 0 N–H and O–H groups in total. The highest BCUT2D eigenvalue weighted by Crippen LogP contribution is 2.24. The molecule has 5 heterocycles. The molecule has 4 aromatic carbocycles. The third-order valence-electron chi connectivity index (χ3n) is 11.0. The van der Waals surface area contributed by atoms with E-state index in [-0.39, 0.29) is 5.02 Å². The van der Waals surface area contributed by atoms with Crippen molar-refractivity contribution in [3.63, 3.8) is 0 Å². The van der Waals surface area contributed by atoms with Gasteiger partial charge in [0.05, 0.1) is 24.8 Å². The van der Waals surface area contributed by atoms with Crippen LogP contribution in [0.4, 0.5) is 11.4 Å². The molecule has 9 rings (SSSR count). The van der Waals surface area contributed by atoms with Gasteiger partial charge in [-0.25, -0.2) is 4.57 Å². The first-order valence-electron chi connectivity index (χ1n) is 19.3. The van der Waals surface area contributed by atoms with Crippen LogP contribution in [0.3, 0.4) is 0 Å². The summed E-state index contributed by atoms with van der Waals surface area (Å²) in [5, 5.41) is 12.5. The Kier molecular flexibility index (Phi) is 10.9. The van der Waals surface area contributed by atoms with Crippen LogP contribution >= 0.6 is 11.6 Å². The Morgan fingerprint density at radius 2 is 0.818 bits per heavy atom. The van der Waals surface area contributed by atoms with Crippen molar-refractivity contribution in [3.05, 3.63) is 175 Å². The molecule has 9 heteroatoms. The Hall–Kier alpha value is -5.99. The van der Waals surface area contributed by atoms with Crippen LogP contribution in [0.2, 0.25) is 5.02 Å². The van der Waals surface area contributed by atoms with Gasteiger partial charge >= 0.3 is 11.8 Å². The minimum atomic E-state index is -1.22. The quantitative estimate of drug-likeness (QED) is 0.162. The first-order valence-corrected chi connectivity index (χ1v) is 19.6. The van der Waals surface area contributed by atoms with Gasteiger partial charge in [0.1, 0.15) is 12.0 Å². The van der Waals surface area contributed by atoms with Gasteiger partial charge in [0, 0.05) is 54.7 Å². The van der Waals surface area contributed by atoms with Gasteiger partial charge in [-0.3, -0.25) is 0 Å². The van der Waals surface area contributed by atoms with Crippen LogP contribution in [0.5, 0.6) is 5.88 Å². The van der Waals surface area contributed by atoms with Gasteiger partial charge < -0.3 is 14.9 Å². The Bertz CT molecular complexity index is 2120. The predicted octanol–water partition coefficient (Wildman–Crippen LogP) is 5.02. The summed E-state index contributed by atoms with van der Waals surface area (Å²) in [6.07, 6.45) is 11.3. The van der Waals surface area contributed by atoms with Crippen molar-refractivity contribution in [3.8, 4) is 17.6 Å².